The Morgan fingerprint density at radius 1 is 1.07 bits per heavy atom. The number of aromatic nitrogens is 4. The lowest BCUT2D eigenvalue weighted by Crippen LogP contribution is -2.18. The van der Waals surface area contributed by atoms with E-state index in [0.717, 1.165) is 24.0 Å². The van der Waals surface area contributed by atoms with E-state index in [4.69, 9.17) is 19.9 Å². The van der Waals surface area contributed by atoms with Crippen LogP contribution in [-0.2, 0) is 33.8 Å². The van der Waals surface area contributed by atoms with Crippen molar-refractivity contribution in [3.05, 3.63) is 80.8 Å². The number of nitrogen functional groups attached to an aromatic ring is 1. The van der Waals surface area contributed by atoms with Crippen molar-refractivity contribution in [2.24, 2.45) is 0 Å². The molecule has 2 aromatic heterocycles. The average Bonchev–Trinajstić information content (AvgIpc) is 3.32. The van der Waals surface area contributed by atoms with E-state index in [-0.39, 0.29) is 36.3 Å². The summed E-state index contributed by atoms with van der Waals surface area (Å²) in [5.74, 6) is 5.47. The predicted octanol–water partition coefficient (Wildman–Crippen LogP) is 2.91. The number of carbonyl (C=O) groups is 2. The van der Waals surface area contributed by atoms with E-state index >= 15 is 0 Å². The molecule has 0 saturated heterocycles. The van der Waals surface area contributed by atoms with E-state index < -0.39 is 11.7 Å². The number of unbranched alkanes of at least 4 members (excludes halogenated alkanes) is 1. The maximum atomic E-state index is 12.8. The lowest BCUT2D eigenvalue weighted by molar-refractivity contribution is -0.139. The number of ether oxygens (including phenoxy) is 3. The number of nitrogens with zero attached hydrogens (tertiary/aromatic N) is 4. The molecule has 0 bridgehead atoms. The molecule has 4 aromatic rings. The number of nitrogens with two attached hydrogens (primary N) is 1. The number of aromatic amines is 1. The summed E-state index contributed by atoms with van der Waals surface area (Å²) in [6.45, 7) is 3.63. The largest absolute Gasteiger partial charge is 0.469 e. The van der Waals surface area contributed by atoms with Crippen LogP contribution in [0.5, 0.6) is 6.01 Å². The number of benzene rings is 2. The minimum atomic E-state index is -0.545. The van der Waals surface area contributed by atoms with E-state index in [0.29, 0.717) is 42.0 Å². The van der Waals surface area contributed by atoms with Gasteiger partial charge in [-0.2, -0.15) is 9.97 Å². The number of esters is 2. The SMILES string of the molecule is CCCCOc1nc(N)c2[nH]c(=O)n(Cc3ccc(C#CCN(C)Cc4cccc(CC(=O)OC)c4)c(C(=O)OC)c3)c2n1. The zero-order valence-corrected chi connectivity index (χ0v) is 25.3. The van der Waals surface area contributed by atoms with Crippen LogP contribution in [0, 0.1) is 11.8 Å². The normalized spacial score (nSPS) is 10.8. The highest BCUT2D eigenvalue weighted by Crippen LogP contribution is 2.20. The summed E-state index contributed by atoms with van der Waals surface area (Å²) in [6, 6.07) is 13.0. The van der Waals surface area contributed by atoms with E-state index in [1.165, 1.54) is 18.8 Å². The van der Waals surface area contributed by atoms with Gasteiger partial charge in [0.1, 0.15) is 5.52 Å². The fourth-order valence-electron chi connectivity index (χ4n) is 4.52. The molecule has 0 aliphatic heterocycles. The van der Waals surface area contributed by atoms with Crippen LogP contribution in [0.3, 0.4) is 0 Å². The van der Waals surface area contributed by atoms with Gasteiger partial charge < -0.3 is 24.9 Å². The molecule has 2 aromatic carbocycles. The first kappa shape index (κ1) is 31.8. The first-order valence-electron chi connectivity index (χ1n) is 14.1. The van der Waals surface area contributed by atoms with Crippen molar-refractivity contribution in [2.45, 2.75) is 39.3 Å². The Kier molecular flexibility index (Phi) is 10.7. The van der Waals surface area contributed by atoms with Gasteiger partial charge in [-0.05, 0) is 42.3 Å². The molecular formula is C32H36N6O6. The van der Waals surface area contributed by atoms with Crippen molar-refractivity contribution in [3.8, 4) is 17.9 Å². The van der Waals surface area contributed by atoms with Gasteiger partial charge in [-0.1, -0.05) is 55.5 Å². The summed E-state index contributed by atoms with van der Waals surface area (Å²) < 4.78 is 16.8. The first-order valence-corrected chi connectivity index (χ1v) is 14.1. The molecule has 0 atom stereocenters. The molecule has 12 heteroatoms. The molecule has 3 N–H and O–H groups in total. The molecule has 44 heavy (non-hydrogen) atoms. The van der Waals surface area contributed by atoms with Crippen molar-refractivity contribution in [2.75, 3.05) is 40.2 Å². The molecule has 0 aliphatic rings. The summed E-state index contributed by atoms with van der Waals surface area (Å²) >= 11 is 0. The maximum Gasteiger partial charge on any atom is 0.339 e. The van der Waals surface area contributed by atoms with Crippen molar-refractivity contribution in [3.63, 3.8) is 0 Å². The van der Waals surface area contributed by atoms with Crippen molar-refractivity contribution < 1.29 is 23.8 Å². The minimum absolute atomic E-state index is 0.0935. The number of carbonyl (C=O) groups excluding carboxylic acids is 2. The molecule has 0 spiro atoms. The highest BCUT2D eigenvalue weighted by Gasteiger charge is 2.17. The lowest BCUT2D eigenvalue weighted by Gasteiger charge is -2.14. The molecule has 0 aliphatic carbocycles. The summed E-state index contributed by atoms with van der Waals surface area (Å²) in [6.07, 6.45) is 1.99. The Hall–Kier alpha value is -5.15. The van der Waals surface area contributed by atoms with Gasteiger partial charge in [0.15, 0.2) is 11.5 Å². The zero-order chi connectivity index (χ0) is 31.6. The fourth-order valence-corrected chi connectivity index (χ4v) is 4.52. The second-order valence-electron chi connectivity index (χ2n) is 10.2. The Morgan fingerprint density at radius 2 is 1.86 bits per heavy atom. The number of methoxy groups -OCH3 is 2. The van der Waals surface area contributed by atoms with E-state index in [2.05, 4.69) is 26.8 Å². The Bertz CT molecular complexity index is 1770. The van der Waals surface area contributed by atoms with Gasteiger partial charge in [0.25, 0.3) is 0 Å². The number of nitrogens with one attached hydrogen (secondary N) is 1. The minimum Gasteiger partial charge on any atom is -0.469 e. The molecule has 230 valence electrons. The third kappa shape index (κ3) is 8.02. The molecule has 2 heterocycles. The van der Waals surface area contributed by atoms with E-state index in [9.17, 15) is 14.4 Å². The topological polar surface area (TPSA) is 155 Å². The highest BCUT2D eigenvalue weighted by molar-refractivity contribution is 5.92. The van der Waals surface area contributed by atoms with Gasteiger partial charge in [-0.15, -0.1) is 0 Å². The molecule has 12 nitrogen and oxygen atoms in total. The van der Waals surface area contributed by atoms with Gasteiger partial charge in [0, 0.05) is 12.1 Å². The quantitative estimate of drug-likeness (QED) is 0.141. The third-order valence-corrected chi connectivity index (χ3v) is 6.78. The summed E-state index contributed by atoms with van der Waals surface area (Å²) in [5.41, 5.74) is 9.61. The second kappa shape index (κ2) is 14.8. The van der Waals surface area contributed by atoms with Crippen molar-refractivity contribution in [1.29, 1.82) is 0 Å². The van der Waals surface area contributed by atoms with Crippen LogP contribution in [-0.4, -0.2) is 70.8 Å². The zero-order valence-electron chi connectivity index (χ0n) is 25.3. The van der Waals surface area contributed by atoms with Gasteiger partial charge in [0.2, 0.25) is 0 Å². The fraction of sp³-hybridized carbons (Fsp3) is 0.344. The van der Waals surface area contributed by atoms with Crippen LogP contribution < -0.4 is 16.2 Å². The van der Waals surface area contributed by atoms with Crippen LogP contribution in [0.25, 0.3) is 11.2 Å². The number of fused-ring (bicyclic) bond motifs is 1. The number of hydrogen-bond donors (Lipinski definition) is 2. The first-order chi connectivity index (χ1) is 21.2. The average molecular weight is 601 g/mol. The number of rotatable bonds is 12. The van der Waals surface area contributed by atoms with Crippen molar-refractivity contribution >= 4 is 28.9 Å². The third-order valence-electron chi connectivity index (χ3n) is 6.78. The van der Waals surface area contributed by atoms with Crippen LogP contribution in [0.1, 0.15) is 52.4 Å². The van der Waals surface area contributed by atoms with Crippen LogP contribution in [0.2, 0.25) is 0 Å². The molecular weight excluding hydrogens is 564 g/mol. The van der Waals surface area contributed by atoms with Gasteiger partial charge in [-0.3, -0.25) is 14.3 Å². The molecule has 0 amide bonds. The molecule has 4 rings (SSSR count). The number of anilines is 1. The second-order valence-corrected chi connectivity index (χ2v) is 10.2. The smallest absolute Gasteiger partial charge is 0.339 e. The molecule has 0 fully saturated rings. The van der Waals surface area contributed by atoms with Crippen molar-refractivity contribution in [1.82, 2.24) is 24.4 Å². The van der Waals surface area contributed by atoms with Crippen LogP contribution >= 0.6 is 0 Å². The van der Waals surface area contributed by atoms with E-state index in [1.807, 2.05) is 43.1 Å². The van der Waals surface area contributed by atoms with Gasteiger partial charge in [-0.25, -0.2) is 9.59 Å². The number of imidazole rings is 1. The standard InChI is InChI=1S/C32H36N6O6/c1-5-6-15-44-31-35-28(33)27-29(36-31)38(32(41)34-27)20-23-12-13-24(25(17-23)30(40)43-4)11-8-14-37(2)19-22-10-7-9-21(16-22)18-26(39)42-3/h7,9-10,12-13,16-17H,5-6,14-15,18-20H2,1-4H3,(H,34,41)(H2,33,35,36). The highest BCUT2D eigenvalue weighted by atomic mass is 16.5. The summed E-state index contributed by atoms with van der Waals surface area (Å²) in [7, 11) is 4.61. The number of hydrogen-bond acceptors (Lipinski definition) is 10. The van der Waals surface area contributed by atoms with E-state index in [1.54, 1.807) is 18.2 Å². The maximum absolute atomic E-state index is 12.8. The Balaban J connectivity index is 1.52. The van der Waals surface area contributed by atoms with Gasteiger partial charge in [0.05, 0.1) is 45.9 Å². The predicted molar refractivity (Wildman–Crippen MR) is 165 cm³/mol. The van der Waals surface area contributed by atoms with Crippen LogP contribution in [0.4, 0.5) is 5.82 Å². The molecule has 0 saturated carbocycles. The molecule has 0 unspecified atom stereocenters. The monoisotopic (exact) mass is 600 g/mol. The van der Waals surface area contributed by atoms with Gasteiger partial charge >= 0.3 is 23.6 Å². The lowest BCUT2D eigenvalue weighted by atomic mass is 10.0. The number of H-pyrrole nitrogens is 1. The summed E-state index contributed by atoms with van der Waals surface area (Å²) in [5, 5.41) is 0. The molecule has 0 radical (unpaired) electrons. The summed E-state index contributed by atoms with van der Waals surface area (Å²) in [4.78, 5) is 50.4. The Labute approximate surface area is 255 Å². The Morgan fingerprint density at radius 3 is 2.61 bits per heavy atom. The van der Waals surface area contributed by atoms with Crippen LogP contribution in [0.15, 0.2) is 47.3 Å².